The standard InChI is InChI=1S/C23H24N4O5S/c1-5-19(20(28)24-18-9-7-6-8-17(18)22(30)31-3)32-21(29)15-10-12-16(13-11-15)27-14(2)25-26-23(27)33-4/h6-13,19H,5H2,1-4H3,(H,24,28). The Bertz CT molecular complexity index is 1160. The fraction of sp³-hybridized carbons (Fsp3) is 0.261. The van der Waals surface area contributed by atoms with Gasteiger partial charge in [-0.1, -0.05) is 30.8 Å². The predicted molar refractivity (Wildman–Crippen MR) is 124 cm³/mol. The number of nitrogens with one attached hydrogen (secondary N) is 1. The van der Waals surface area contributed by atoms with Gasteiger partial charge in [-0.2, -0.15) is 0 Å². The van der Waals surface area contributed by atoms with Crippen molar-refractivity contribution in [2.45, 2.75) is 31.5 Å². The lowest BCUT2D eigenvalue weighted by Gasteiger charge is -2.17. The molecule has 1 amide bonds. The zero-order valence-electron chi connectivity index (χ0n) is 18.7. The van der Waals surface area contributed by atoms with Crippen LogP contribution in [0.2, 0.25) is 0 Å². The molecule has 0 aliphatic rings. The van der Waals surface area contributed by atoms with Crippen LogP contribution in [0.1, 0.15) is 39.9 Å². The summed E-state index contributed by atoms with van der Waals surface area (Å²) in [6.45, 7) is 3.57. The molecule has 9 nitrogen and oxygen atoms in total. The minimum Gasteiger partial charge on any atom is -0.465 e. The van der Waals surface area contributed by atoms with Crippen molar-refractivity contribution < 1.29 is 23.9 Å². The molecule has 1 unspecified atom stereocenters. The molecule has 0 fully saturated rings. The van der Waals surface area contributed by atoms with Gasteiger partial charge in [-0.15, -0.1) is 10.2 Å². The third-order valence-corrected chi connectivity index (χ3v) is 5.47. The van der Waals surface area contributed by atoms with E-state index in [1.54, 1.807) is 49.4 Å². The number of rotatable bonds is 8. The van der Waals surface area contributed by atoms with E-state index >= 15 is 0 Å². The Hall–Kier alpha value is -3.66. The molecule has 1 N–H and O–H groups in total. The van der Waals surface area contributed by atoms with E-state index in [4.69, 9.17) is 9.47 Å². The van der Waals surface area contributed by atoms with Crippen LogP contribution in [0.5, 0.6) is 0 Å². The second kappa shape index (κ2) is 10.8. The zero-order chi connectivity index (χ0) is 24.0. The number of hydrogen-bond acceptors (Lipinski definition) is 8. The van der Waals surface area contributed by atoms with Crippen molar-refractivity contribution in [3.05, 3.63) is 65.5 Å². The molecule has 0 saturated heterocycles. The molecule has 0 aliphatic carbocycles. The molecule has 0 saturated carbocycles. The summed E-state index contributed by atoms with van der Waals surface area (Å²) < 4.78 is 12.1. The van der Waals surface area contributed by atoms with E-state index in [1.807, 2.05) is 17.7 Å². The van der Waals surface area contributed by atoms with Crippen molar-refractivity contribution in [3.63, 3.8) is 0 Å². The zero-order valence-corrected chi connectivity index (χ0v) is 19.5. The van der Waals surface area contributed by atoms with Crippen LogP contribution in [-0.4, -0.2) is 52.1 Å². The smallest absolute Gasteiger partial charge is 0.339 e. The molecule has 0 spiro atoms. The minimum absolute atomic E-state index is 0.207. The second-order valence-electron chi connectivity index (χ2n) is 6.94. The molecule has 0 aliphatic heterocycles. The summed E-state index contributed by atoms with van der Waals surface area (Å²) in [5.41, 5.74) is 1.60. The maximum absolute atomic E-state index is 12.7. The quantitative estimate of drug-likeness (QED) is 0.394. The molecule has 33 heavy (non-hydrogen) atoms. The second-order valence-corrected chi connectivity index (χ2v) is 7.72. The minimum atomic E-state index is -1.04. The molecule has 1 atom stereocenters. The first kappa shape index (κ1) is 24.0. The number of carbonyl (C=O) groups excluding carboxylic acids is 3. The molecule has 2 aromatic carbocycles. The summed E-state index contributed by atoms with van der Waals surface area (Å²) in [6.07, 6.45) is 1.13. The number of aromatic nitrogens is 3. The maximum Gasteiger partial charge on any atom is 0.339 e. The number of anilines is 1. The Morgan fingerprint density at radius 1 is 1.06 bits per heavy atom. The van der Waals surface area contributed by atoms with Crippen molar-refractivity contribution in [1.29, 1.82) is 0 Å². The van der Waals surface area contributed by atoms with Gasteiger partial charge in [0.25, 0.3) is 5.91 Å². The third-order valence-electron chi connectivity index (χ3n) is 4.84. The Morgan fingerprint density at radius 3 is 2.39 bits per heavy atom. The van der Waals surface area contributed by atoms with Crippen molar-refractivity contribution in [2.75, 3.05) is 18.7 Å². The summed E-state index contributed by atoms with van der Waals surface area (Å²) in [5, 5.41) is 11.6. The number of esters is 2. The largest absolute Gasteiger partial charge is 0.465 e. The van der Waals surface area contributed by atoms with E-state index in [0.29, 0.717) is 5.56 Å². The third kappa shape index (κ3) is 5.40. The normalized spacial score (nSPS) is 11.5. The lowest BCUT2D eigenvalue weighted by Crippen LogP contribution is -2.32. The van der Waals surface area contributed by atoms with Gasteiger partial charge in [-0.3, -0.25) is 9.36 Å². The van der Waals surface area contributed by atoms with Gasteiger partial charge in [0.1, 0.15) is 5.82 Å². The Morgan fingerprint density at radius 2 is 1.76 bits per heavy atom. The number of methoxy groups -OCH3 is 1. The molecule has 0 radical (unpaired) electrons. The summed E-state index contributed by atoms with van der Waals surface area (Å²) in [4.78, 5) is 37.3. The highest BCUT2D eigenvalue weighted by Gasteiger charge is 2.24. The first-order valence-electron chi connectivity index (χ1n) is 10.1. The summed E-state index contributed by atoms with van der Waals surface area (Å²) in [6, 6.07) is 13.2. The van der Waals surface area contributed by atoms with Crippen molar-refractivity contribution in [1.82, 2.24) is 14.8 Å². The van der Waals surface area contributed by atoms with Crippen molar-refractivity contribution in [2.24, 2.45) is 0 Å². The lowest BCUT2D eigenvalue weighted by molar-refractivity contribution is -0.124. The number of nitrogens with zero attached hydrogens (tertiary/aromatic N) is 3. The van der Waals surface area contributed by atoms with E-state index in [2.05, 4.69) is 15.5 Å². The van der Waals surface area contributed by atoms with Crippen LogP contribution in [-0.2, 0) is 14.3 Å². The van der Waals surface area contributed by atoms with Crippen LogP contribution in [0.3, 0.4) is 0 Å². The topological polar surface area (TPSA) is 112 Å². The van der Waals surface area contributed by atoms with Crippen LogP contribution >= 0.6 is 11.8 Å². The number of hydrogen-bond donors (Lipinski definition) is 1. The van der Waals surface area contributed by atoms with Gasteiger partial charge < -0.3 is 14.8 Å². The highest BCUT2D eigenvalue weighted by Crippen LogP contribution is 2.21. The number of carbonyl (C=O) groups is 3. The molecule has 172 valence electrons. The Kier molecular flexibility index (Phi) is 7.83. The number of para-hydroxylation sites is 1. The lowest BCUT2D eigenvalue weighted by atomic mass is 10.1. The summed E-state index contributed by atoms with van der Waals surface area (Å²) in [5.74, 6) is -1.02. The van der Waals surface area contributed by atoms with E-state index in [-0.39, 0.29) is 17.7 Å². The molecular weight excluding hydrogens is 444 g/mol. The number of aryl methyl sites for hydroxylation is 1. The highest BCUT2D eigenvalue weighted by atomic mass is 32.2. The average molecular weight is 469 g/mol. The monoisotopic (exact) mass is 468 g/mol. The van der Waals surface area contributed by atoms with Crippen LogP contribution in [0.4, 0.5) is 5.69 Å². The van der Waals surface area contributed by atoms with E-state index in [0.717, 1.165) is 16.7 Å². The number of thioether (sulfide) groups is 1. The van der Waals surface area contributed by atoms with Crippen molar-refractivity contribution in [3.8, 4) is 5.69 Å². The van der Waals surface area contributed by atoms with E-state index in [1.165, 1.54) is 24.9 Å². The molecule has 3 rings (SSSR count). The molecular formula is C23H24N4O5S. The molecule has 1 heterocycles. The Balaban J connectivity index is 1.72. The van der Waals surface area contributed by atoms with Gasteiger partial charge in [-0.05, 0) is 56.0 Å². The molecule has 10 heteroatoms. The van der Waals surface area contributed by atoms with Gasteiger partial charge in [-0.25, -0.2) is 9.59 Å². The Labute approximate surface area is 195 Å². The SMILES string of the molecule is CCC(OC(=O)c1ccc(-n2c(C)nnc2SC)cc1)C(=O)Nc1ccccc1C(=O)OC. The first-order chi connectivity index (χ1) is 15.9. The van der Waals surface area contributed by atoms with Gasteiger partial charge in [0.15, 0.2) is 11.3 Å². The number of benzene rings is 2. The molecule has 3 aromatic rings. The van der Waals surface area contributed by atoms with Crippen LogP contribution in [0.25, 0.3) is 5.69 Å². The average Bonchev–Trinajstić information content (AvgIpc) is 3.22. The van der Waals surface area contributed by atoms with E-state index < -0.39 is 23.9 Å². The first-order valence-corrected chi connectivity index (χ1v) is 11.4. The van der Waals surface area contributed by atoms with Crippen LogP contribution < -0.4 is 5.32 Å². The molecule has 0 bridgehead atoms. The van der Waals surface area contributed by atoms with Crippen LogP contribution in [0.15, 0.2) is 53.7 Å². The van der Waals surface area contributed by atoms with Crippen molar-refractivity contribution >= 4 is 35.3 Å². The van der Waals surface area contributed by atoms with E-state index in [9.17, 15) is 14.4 Å². The highest BCUT2D eigenvalue weighted by molar-refractivity contribution is 7.98. The summed E-state index contributed by atoms with van der Waals surface area (Å²) in [7, 11) is 1.26. The maximum atomic E-state index is 12.7. The summed E-state index contributed by atoms with van der Waals surface area (Å²) >= 11 is 1.47. The van der Waals surface area contributed by atoms with Gasteiger partial charge in [0, 0.05) is 5.69 Å². The van der Waals surface area contributed by atoms with Crippen LogP contribution in [0, 0.1) is 6.92 Å². The van der Waals surface area contributed by atoms with Gasteiger partial charge in [0.05, 0.1) is 23.9 Å². The van der Waals surface area contributed by atoms with Gasteiger partial charge in [0.2, 0.25) is 0 Å². The van der Waals surface area contributed by atoms with Gasteiger partial charge >= 0.3 is 11.9 Å². The fourth-order valence-electron chi connectivity index (χ4n) is 3.13. The number of amides is 1. The molecule has 1 aromatic heterocycles. The predicted octanol–water partition coefficient (Wildman–Crippen LogP) is 3.66. The fourth-order valence-corrected chi connectivity index (χ4v) is 3.67. The number of ether oxygens (including phenoxy) is 2.